The van der Waals surface area contributed by atoms with Crippen molar-refractivity contribution in [3.8, 4) is 11.5 Å². The van der Waals surface area contributed by atoms with Crippen molar-refractivity contribution in [3.05, 3.63) is 144 Å². The third-order valence-electron chi connectivity index (χ3n) is 8.57. The summed E-state index contributed by atoms with van der Waals surface area (Å²) in [5.41, 5.74) is 3.18. The van der Waals surface area contributed by atoms with Gasteiger partial charge in [-0.2, -0.15) is 0 Å². The third kappa shape index (κ3) is 13.6. The van der Waals surface area contributed by atoms with Crippen LogP contribution in [0.3, 0.4) is 0 Å². The van der Waals surface area contributed by atoms with Crippen molar-refractivity contribution in [2.75, 3.05) is 45.5 Å². The number of hydrogen-bond acceptors (Lipinski definition) is 10. The average molecular weight is 787 g/mol. The normalized spacial score (nSPS) is 12.0. The minimum atomic E-state index is -1.41. The third-order valence-corrected chi connectivity index (χ3v) is 10.1. The van der Waals surface area contributed by atoms with Gasteiger partial charge in [-0.25, -0.2) is 9.59 Å². The van der Waals surface area contributed by atoms with Crippen LogP contribution in [-0.2, 0) is 27.7 Å². The standard InChI is InChI=1S/C43H48O7S2.C2H6O/c1-8-10-32-26-34(16-22-38(32)47-24-25-48-40(44)30-12-18-36(51-6)19-13-30)42(3,4)35-17-23-39(33(27-35)11-9-2)49-28-43(5,46)29-50-41(45)31-14-20-37(52-7)21-15-31;1-2-3/h8-9,12-23,26-27,46H,1-2,10-11,24-25,28-29H2,3-7H3;3H,2H2,1H3. The molecule has 0 radical (unpaired) electrons. The number of hydrogen-bond donors (Lipinski definition) is 2. The zero-order valence-corrected chi connectivity index (χ0v) is 34.4. The molecule has 4 rings (SSSR count). The predicted octanol–water partition coefficient (Wildman–Crippen LogP) is 9.13. The Bertz CT molecular complexity index is 1850. The Morgan fingerprint density at radius 2 is 1.11 bits per heavy atom. The smallest absolute Gasteiger partial charge is 0.338 e. The zero-order chi connectivity index (χ0) is 40.4. The van der Waals surface area contributed by atoms with Gasteiger partial charge in [-0.05, 0) is 122 Å². The van der Waals surface area contributed by atoms with Gasteiger partial charge in [0.2, 0.25) is 0 Å². The lowest BCUT2D eigenvalue weighted by Crippen LogP contribution is -2.38. The fourth-order valence-corrected chi connectivity index (χ4v) is 6.23. The van der Waals surface area contributed by atoms with Gasteiger partial charge in [0, 0.05) is 21.8 Å². The van der Waals surface area contributed by atoms with E-state index in [4.69, 9.17) is 24.1 Å². The predicted molar refractivity (Wildman–Crippen MR) is 224 cm³/mol. The number of aliphatic hydroxyl groups is 2. The SMILES string of the molecule is C=CCc1cc(C(C)(C)c2ccc(OCC(C)(O)COC(=O)c3ccc(SC)cc3)c(CC=C)c2)ccc1OCCOC(=O)c1ccc(SC)cc1.CCO. The number of ether oxygens (including phenoxy) is 4. The highest BCUT2D eigenvalue weighted by Crippen LogP contribution is 2.37. The van der Waals surface area contributed by atoms with Crippen molar-refractivity contribution >= 4 is 35.5 Å². The van der Waals surface area contributed by atoms with Crippen molar-refractivity contribution in [2.45, 2.75) is 61.3 Å². The van der Waals surface area contributed by atoms with Crippen LogP contribution in [0, 0.1) is 0 Å². The molecule has 0 saturated heterocycles. The van der Waals surface area contributed by atoms with Crippen LogP contribution in [0.2, 0.25) is 0 Å². The number of aliphatic hydroxyl groups excluding tert-OH is 1. The molecule has 4 aromatic carbocycles. The van der Waals surface area contributed by atoms with E-state index in [0.29, 0.717) is 35.5 Å². The van der Waals surface area contributed by atoms with E-state index in [9.17, 15) is 14.7 Å². The summed E-state index contributed by atoms with van der Waals surface area (Å²) in [7, 11) is 0. The van der Waals surface area contributed by atoms with E-state index in [1.807, 2.05) is 67.1 Å². The maximum atomic E-state index is 12.6. The number of carbonyl (C=O) groups is 2. The van der Waals surface area contributed by atoms with Crippen molar-refractivity contribution in [2.24, 2.45) is 0 Å². The molecule has 55 heavy (non-hydrogen) atoms. The highest BCUT2D eigenvalue weighted by molar-refractivity contribution is 7.98. The Labute approximate surface area is 335 Å². The van der Waals surface area contributed by atoms with Gasteiger partial charge in [-0.1, -0.05) is 50.3 Å². The number of thioether (sulfide) groups is 2. The number of esters is 2. The average Bonchev–Trinajstić information content (AvgIpc) is 3.19. The van der Waals surface area contributed by atoms with Gasteiger partial charge in [0.1, 0.15) is 43.5 Å². The molecule has 2 N–H and O–H groups in total. The summed E-state index contributed by atoms with van der Waals surface area (Å²) in [6.07, 6.45) is 8.77. The molecule has 1 atom stereocenters. The Hall–Kier alpha value is -4.48. The molecule has 0 aliphatic rings. The van der Waals surface area contributed by atoms with E-state index in [2.05, 4.69) is 45.2 Å². The largest absolute Gasteiger partial charge is 0.490 e. The minimum Gasteiger partial charge on any atom is -0.490 e. The highest BCUT2D eigenvalue weighted by Gasteiger charge is 2.28. The van der Waals surface area contributed by atoms with Crippen LogP contribution in [0.4, 0.5) is 0 Å². The second-order valence-electron chi connectivity index (χ2n) is 13.4. The zero-order valence-electron chi connectivity index (χ0n) is 32.8. The second kappa shape index (κ2) is 22.2. The molecule has 1 unspecified atom stereocenters. The highest BCUT2D eigenvalue weighted by atomic mass is 32.2. The molecule has 0 spiro atoms. The Morgan fingerprint density at radius 3 is 1.55 bits per heavy atom. The fourth-order valence-electron chi connectivity index (χ4n) is 5.42. The first kappa shape index (κ1) is 44.9. The molecule has 294 valence electrons. The monoisotopic (exact) mass is 786 g/mol. The van der Waals surface area contributed by atoms with Crippen molar-refractivity contribution in [1.29, 1.82) is 0 Å². The Balaban J connectivity index is 0.00000262. The molecular formula is C45H54O8S2. The number of allylic oxidation sites excluding steroid dienone is 2. The summed E-state index contributed by atoms with van der Waals surface area (Å²) in [6, 6.07) is 26.6. The summed E-state index contributed by atoms with van der Waals surface area (Å²) in [5, 5.41) is 18.6. The first-order valence-corrected chi connectivity index (χ1v) is 20.5. The number of rotatable bonds is 19. The summed E-state index contributed by atoms with van der Waals surface area (Å²) in [4.78, 5) is 27.1. The molecule has 0 heterocycles. The molecule has 0 aromatic heterocycles. The first-order valence-electron chi connectivity index (χ1n) is 18.0. The molecule has 0 bridgehead atoms. The van der Waals surface area contributed by atoms with E-state index in [1.54, 1.807) is 61.6 Å². The van der Waals surface area contributed by atoms with E-state index in [1.165, 1.54) is 0 Å². The maximum Gasteiger partial charge on any atom is 0.338 e. The summed E-state index contributed by atoms with van der Waals surface area (Å²) in [6.45, 7) is 15.7. The lowest BCUT2D eigenvalue weighted by molar-refractivity contribution is -0.0452. The second-order valence-corrected chi connectivity index (χ2v) is 15.1. The fraction of sp³-hybridized carbons (Fsp3) is 0.333. The van der Waals surface area contributed by atoms with Crippen LogP contribution in [0.5, 0.6) is 11.5 Å². The topological polar surface area (TPSA) is 112 Å². The van der Waals surface area contributed by atoms with Gasteiger partial charge in [0.15, 0.2) is 0 Å². The van der Waals surface area contributed by atoms with Crippen LogP contribution in [0.25, 0.3) is 0 Å². The van der Waals surface area contributed by atoms with Crippen LogP contribution < -0.4 is 9.47 Å². The lowest BCUT2D eigenvalue weighted by Gasteiger charge is -2.29. The van der Waals surface area contributed by atoms with Gasteiger partial charge < -0.3 is 29.2 Å². The minimum absolute atomic E-state index is 0.0740. The summed E-state index contributed by atoms with van der Waals surface area (Å²) in [5.74, 6) is 0.443. The molecule has 4 aromatic rings. The Morgan fingerprint density at radius 1 is 0.673 bits per heavy atom. The molecule has 0 aliphatic heterocycles. The quantitative estimate of drug-likeness (QED) is 0.0413. The van der Waals surface area contributed by atoms with E-state index in [-0.39, 0.29) is 39.0 Å². The Kier molecular flexibility index (Phi) is 18.1. The van der Waals surface area contributed by atoms with Crippen molar-refractivity contribution in [1.82, 2.24) is 0 Å². The van der Waals surface area contributed by atoms with E-state index >= 15 is 0 Å². The van der Waals surface area contributed by atoms with E-state index < -0.39 is 17.0 Å². The van der Waals surface area contributed by atoms with Crippen LogP contribution >= 0.6 is 23.5 Å². The lowest BCUT2D eigenvalue weighted by atomic mass is 9.76. The molecule has 0 amide bonds. The van der Waals surface area contributed by atoms with Crippen molar-refractivity contribution in [3.63, 3.8) is 0 Å². The molecule has 8 nitrogen and oxygen atoms in total. The summed E-state index contributed by atoms with van der Waals surface area (Å²) < 4.78 is 23.0. The molecule has 10 heteroatoms. The first-order chi connectivity index (χ1) is 26.3. The van der Waals surface area contributed by atoms with E-state index in [0.717, 1.165) is 32.0 Å². The van der Waals surface area contributed by atoms with Crippen molar-refractivity contribution < 1.29 is 38.7 Å². The molecule has 0 saturated carbocycles. The van der Waals surface area contributed by atoms with Gasteiger partial charge in [0.05, 0.1) is 11.1 Å². The van der Waals surface area contributed by atoms with Gasteiger partial charge in [0.25, 0.3) is 0 Å². The molecule has 0 fully saturated rings. The molecule has 0 aliphatic carbocycles. The van der Waals surface area contributed by atoms with Crippen LogP contribution in [0.15, 0.2) is 120 Å². The summed E-state index contributed by atoms with van der Waals surface area (Å²) >= 11 is 3.20. The number of benzene rings is 4. The van der Waals surface area contributed by atoms with Gasteiger partial charge >= 0.3 is 11.9 Å². The van der Waals surface area contributed by atoms with Gasteiger partial charge in [-0.3, -0.25) is 0 Å². The van der Waals surface area contributed by atoms with Crippen LogP contribution in [-0.4, -0.2) is 73.3 Å². The number of carbonyl (C=O) groups excluding carboxylic acids is 2. The molecular weight excluding hydrogens is 733 g/mol. The maximum absolute atomic E-state index is 12.6. The van der Waals surface area contributed by atoms with Gasteiger partial charge in [-0.15, -0.1) is 36.7 Å². The van der Waals surface area contributed by atoms with Crippen LogP contribution in [0.1, 0.15) is 70.7 Å².